The lowest BCUT2D eigenvalue weighted by molar-refractivity contribution is -0.916. The zero-order valence-corrected chi connectivity index (χ0v) is 17.4. The fourth-order valence-electron chi connectivity index (χ4n) is 2.11. The van der Waals surface area contributed by atoms with Crippen LogP contribution in [0, 0.1) is 0 Å². The Hall–Kier alpha value is 0.470. The second kappa shape index (κ2) is 12.0. The molecule has 0 heterocycles. The van der Waals surface area contributed by atoms with Crippen LogP contribution in [0.2, 0.25) is 0 Å². The number of aliphatic hydroxyl groups excluding tert-OH is 2. The quantitative estimate of drug-likeness (QED) is 0.133. The van der Waals surface area contributed by atoms with Crippen molar-refractivity contribution in [1.29, 1.82) is 0 Å². The minimum Gasteiger partial charge on any atom is -0.391 e. The summed E-state index contributed by atoms with van der Waals surface area (Å²) < 4.78 is 40.4. The Morgan fingerprint density at radius 2 is 1.71 bits per heavy atom. The molecule has 0 aliphatic heterocycles. The molecule has 0 saturated heterocycles. The second-order valence-electron chi connectivity index (χ2n) is 5.16. The molecule has 0 aliphatic carbocycles. The van der Waals surface area contributed by atoms with E-state index in [1.165, 1.54) is 0 Å². The van der Waals surface area contributed by atoms with Crippen molar-refractivity contribution in [3.05, 3.63) is 0 Å². The van der Waals surface area contributed by atoms with Gasteiger partial charge in [0.25, 0.3) is 0 Å². The maximum atomic E-state index is 12.3. The second-order valence-corrected chi connectivity index (χ2v) is 12.7. The van der Waals surface area contributed by atoms with Crippen molar-refractivity contribution in [2.45, 2.75) is 13.8 Å². The summed E-state index contributed by atoms with van der Waals surface area (Å²) in [6.07, 6.45) is 0. The van der Waals surface area contributed by atoms with Crippen LogP contribution in [0.5, 0.6) is 0 Å². The first-order chi connectivity index (χ1) is 11.2. The van der Waals surface area contributed by atoms with E-state index in [1.807, 2.05) is 0 Å². The molecule has 0 amide bonds. The molecule has 8 nitrogen and oxygen atoms in total. The fraction of sp³-hybridized carbons (Fsp3) is 1.00. The van der Waals surface area contributed by atoms with E-state index in [-0.39, 0.29) is 54.9 Å². The molecule has 0 aromatic heterocycles. The SMILES string of the molecule is CCOS(=O)(=S)C[N+](CCO)(CCO)CCNCSS(=O)(=O)CC. The van der Waals surface area contributed by atoms with Gasteiger partial charge in [0.05, 0.1) is 38.0 Å². The fourth-order valence-corrected chi connectivity index (χ4v) is 6.42. The van der Waals surface area contributed by atoms with E-state index in [0.717, 1.165) is 10.8 Å². The van der Waals surface area contributed by atoms with E-state index in [4.69, 9.17) is 15.4 Å². The van der Waals surface area contributed by atoms with Crippen LogP contribution < -0.4 is 5.32 Å². The largest absolute Gasteiger partial charge is 0.391 e. The third-order valence-corrected chi connectivity index (χ3v) is 8.92. The first-order valence-electron chi connectivity index (χ1n) is 7.67. The Morgan fingerprint density at radius 3 is 2.17 bits per heavy atom. The monoisotopic (exact) mass is 425 g/mol. The molecule has 0 rings (SSSR count). The van der Waals surface area contributed by atoms with Gasteiger partial charge in [0.15, 0.2) is 14.6 Å². The van der Waals surface area contributed by atoms with Crippen LogP contribution >= 0.6 is 10.8 Å². The average Bonchev–Trinajstić information content (AvgIpc) is 2.46. The topological polar surface area (TPSA) is 113 Å². The third-order valence-electron chi connectivity index (χ3n) is 3.34. The van der Waals surface area contributed by atoms with Gasteiger partial charge in [-0.25, -0.2) is 12.6 Å². The number of nitrogens with zero attached hydrogens (tertiary/aromatic N) is 1. The van der Waals surface area contributed by atoms with Crippen molar-refractivity contribution in [2.24, 2.45) is 0 Å². The molecule has 0 aromatic carbocycles. The molecule has 1 atom stereocenters. The lowest BCUT2D eigenvalue weighted by atomic mass is 10.3. The summed E-state index contributed by atoms with van der Waals surface area (Å²) in [5.74, 6) is 0.323. The van der Waals surface area contributed by atoms with Gasteiger partial charge < -0.3 is 20.0 Å². The van der Waals surface area contributed by atoms with Gasteiger partial charge in [0, 0.05) is 17.7 Å². The van der Waals surface area contributed by atoms with Crippen molar-refractivity contribution in [3.8, 4) is 0 Å². The zero-order chi connectivity index (χ0) is 18.7. The van der Waals surface area contributed by atoms with Crippen molar-refractivity contribution in [2.75, 3.05) is 63.5 Å². The third kappa shape index (κ3) is 10.5. The molecule has 0 fully saturated rings. The highest BCUT2D eigenvalue weighted by Crippen LogP contribution is 2.13. The number of nitrogens with one attached hydrogen (secondary N) is 1. The molecular formula is C12H29N2O6S4+. The summed E-state index contributed by atoms with van der Waals surface area (Å²) in [6, 6.07) is 0. The standard InChI is InChI=1S/C12H29N2O6S4/c1-3-20-24(19,21)12-14(7-9-15,8-10-16)6-5-13-11-22-23(17,18)4-2/h13,15-16H,3-12H2,1-2H3/q+1. The zero-order valence-electron chi connectivity index (χ0n) is 14.2. The Labute approximate surface area is 153 Å². The smallest absolute Gasteiger partial charge is 0.202 e. The number of rotatable bonds is 15. The summed E-state index contributed by atoms with van der Waals surface area (Å²) in [5.41, 5.74) is 0. The number of quaternary nitrogens is 1. The molecular weight excluding hydrogens is 396 g/mol. The van der Waals surface area contributed by atoms with Gasteiger partial charge in [0.2, 0.25) is 8.87 Å². The number of hydrogen-bond acceptors (Lipinski definition) is 9. The molecule has 0 spiro atoms. The molecule has 146 valence electrons. The van der Waals surface area contributed by atoms with Crippen molar-refractivity contribution < 1.29 is 31.5 Å². The van der Waals surface area contributed by atoms with Crippen LogP contribution in [0.3, 0.4) is 0 Å². The number of hydrogen-bond donors (Lipinski definition) is 3. The minimum atomic E-state index is -3.11. The van der Waals surface area contributed by atoms with Gasteiger partial charge >= 0.3 is 0 Å². The Balaban J connectivity index is 4.76. The van der Waals surface area contributed by atoms with Crippen molar-refractivity contribution >= 4 is 39.6 Å². The lowest BCUT2D eigenvalue weighted by Gasteiger charge is -2.37. The van der Waals surface area contributed by atoms with Crippen LogP contribution in [-0.4, -0.2) is 90.8 Å². The maximum Gasteiger partial charge on any atom is 0.202 e. The molecule has 0 bridgehead atoms. The first kappa shape index (κ1) is 24.5. The van der Waals surface area contributed by atoms with Crippen molar-refractivity contribution in [1.82, 2.24) is 5.32 Å². The van der Waals surface area contributed by atoms with Crippen LogP contribution in [0.15, 0.2) is 0 Å². The van der Waals surface area contributed by atoms with Gasteiger partial charge in [-0.3, -0.25) is 4.18 Å². The Kier molecular flexibility index (Phi) is 12.2. The Bertz CT molecular complexity index is 532. The molecule has 3 N–H and O–H groups in total. The van der Waals surface area contributed by atoms with Crippen molar-refractivity contribution in [3.63, 3.8) is 0 Å². The lowest BCUT2D eigenvalue weighted by Crippen LogP contribution is -2.57. The molecule has 0 saturated carbocycles. The van der Waals surface area contributed by atoms with Gasteiger partial charge in [-0.15, -0.1) is 0 Å². The van der Waals surface area contributed by atoms with Crippen LogP contribution in [0.4, 0.5) is 0 Å². The summed E-state index contributed by atoms with van der Waals surface area (Å²) in [6.45, 7) is 4.66. The number of aliphatic hydroxyl groups is 2. The van der Waals surface area contributed by atoms with Crippen LogP contribution in [-0.2, 0) is 33.0 Å². The summed E-state index contributed by atoms with van der Waals surface area (Å²) >= 11 is 5.01. The summed E-state index contributed by atoms with van der Waals surface area (Å²) in [7, 11) is -5.22. The molecule has 0 radical (unpaired) electrons. The molecule has 0 aliphatic rings. The van der Waals surface area contributed by atoms with E-state index in [2.05, 4.69) is 5.32 Å². The maximum absolute atomic E-state index is 12.3. The first-order valence-corrected chi connectivity index (χ1v) is 13.4. The molecule has 24 heavy (non-hydrogen) atoms. The highest BCUT2D eigenvalue weighted by molar-refractivity contribution is 8.72. The van der Waals surface area contributed by atoms with Gasteiger partial charge in [0.1, 0.15) is 13.1 Å². The van der Waals surface area contributed by atoms with E-state index in [0.29, 0.717) is 13.1 Å². The molecule has 1 unspecified atom stereocenters. The van der Waals surface area contributed by atoms with E-state index in [1.54, 1.807) is 13.8 Å². The predicted molar refractivity (Wildman–Crippen MR) is 101 cm³/mol. The minimum absolute atomic E-state index is 0.0133. The molecule has 0 aromatic rings. The van der Waals surface area contributed by atoms with Gasteiger partial charge in [-0.05, 0) is 17.7 Å². The van der Waals surface area contributed by atoms with Crippen LogP contribution in [0.1, 0.15) is 13.8 Å². The van der Waals surface area contributed by atoms with E-state index >= 15 is 0 Å². The highest BCUT2D eigenvalue weighted by atomic mass is 33.1. The molecule has 12 heteroatoms. The van der Waals surface area contributed by atoms with E-state index in [9.17, 15) is 22.8 Å². The van der Waals surface area contributed by atoms with Gasteiger partial charge in [-0.1, -0.05) is 6.92 Å². The van der Waals surface area contributed by atoms with E-state index < -0.39 is 17.6 Å². The van der Waals surface area contributed by atoms with Gasteiger partial charge in [-0.2, -0.15) is 0 Å². The Morgan fingerprint density at radius 1 is 1.12 bits per heavy atom. The predicted octanol–water partition coefficient (Wildman–Crippen LogP) is -0.927. The van der Waals surface area contributed by atoms with Crippen LogP contribution in [0.25, 0.3) is 0 Å². The summed E-state index contributed by atoms with van der Waals surface area (Å²) in [4.78, 5) is 0. The average molecular weight is 426 g/mol. The highest BCUT2D eigenvalue weighted by Gasteiger charge is 2.31. The summed E-state index contributed by atoms with van der Waals surface area (Å²) in [5, 5.41) is 21.7. The normalized spacial score (nSPS) is 15.3.